The average molecular weight is 313 g/mol. The first-order valence-electron chi connectivity index (χ1n) is 6.11. The second kappa shape index (κ2) is 6.20. The predicted octanol–water partition coefficient (Wildman–Crippen LogP) is 2.93. The Morgan fingerprint density at radius 3 is 3.06 bits per heavy atom. The van der Waals surface area contributed by atoms with E-state index in [-0.39, 0.29) is 12.0 Å². The van der Waals surface area contributed by atoms with E-state index in [1.807, 2.05) is 0 Å². The molecule has 2 rings (SSSR count). The normalized spacial score (nSPS) is 18.8. The molecule has 1 aromatic rings. The Morgan fingerprint density at radius 2 is 2.39 bits per heavy atom. The number of ether oxygens (including phenoxy) is 1. The molecule has 0 spiro atoms. The lowest BCUT2D eigenvalue weighted by Gasteiger charge is -2.10. The molecule has 5 heteroatoms. The topological polar surface area (TPSA) is 64.3 Å². The van der Waals surface area contributed by atoms with Crippen molar-refractivity contribution in [2.45, 2.75) is 31.8 Å². The molecule has 3 N–H and O–H groups in total. The number of anilines is 2. The van der Waals surface area contributed by atoms with Crippen LogP contribution < -0.4 is 11.1 Å². The minimum Gasteiger partial charge on any atom is -0.399 e. The van der Waals surface area contributed by atoms with Crippen molar-refractivity contribution in [3.8, 4) is 0 Å². The summed E-state index contributed by atoms with van der Waals surface area (Å²) in [6.45, 7) is 0.829. The molecule has 0 bridgehead atoms. The predicted molar refractivity (Wildman–Crippen MR) is 75.4 cm³/mol. The first-order chi connectivity index (χ1) is 8.65. The molecule has 1 unspecified atom stereocenters. The van der Waals surface area contributed by atoms with Gasteiger partial charge in [0.15, 0.2) is 0 Å². The van der Waals surface area contributed by atoms with Gasteiger partial charge >= 0.3 is 0 Å². The number of carbonyl (C=O) groups excluding carboxylic acids is 1. The molecule has 1 heterocycles. The summed E-state index contributed by atoms with van der Waals surface area (Å²) in [5.41, 5.74) is 7.06. The third kappa shape index (κ3) is 3.71. The second-order valence-corrected chi connectivity index (χ2v) is 5.32. The van der Waals surface area contributed by atoms with E-state index in [0.29, 0.717) is 12.1 Å². The summed E-state index contributed by atoms with van der Waals surface area (Å²) in [5.74, 6) is 0.0102. The van der Waals surface area contributed by atoms with Gasteiger partial charge < -0.3 is 15.8 Å². The highest BCUT2D eigenvalue weighted by atomic mass is 79.9. The first-order valence-corrected chi connectivity index (χ1v) is 6.91. The molecule has 18 heavy (non-hydrogen) atoms. The summed E-state index contributed by atoms with van der Waals surface area (Å²) in [7, 11) is 0. The molecule has 98 valence electrons. The lowest BCUT2D eigenvalue weighted by molar-refractivity contribution is -0.116. The Labute approximate surface area is 115 Å². The number of nitrogens with one attached hydrogen (secondary N) is 1. The summed E-state index contributed by atoms with van der Waals surface area (Å²) >= 11 is 3.37. The highest BCUT2D eigenvalue weighted by molar-refractivity contribution is 9.10. The van der Waals surface area contributed by atoms with E-state index >= 15 is 0 Å². The van der Waals surface area contributed by atoms with Crippen molar-refractivity contribution < 1.29 is 9.53 Å². The smallest absolute Gasteiger partial charge is 0.224 e. The van der Waals surface area contributed by atoms with Crippen LogP contribution in [0.3, 0.4) is 0 Å². The number of benzene rings is 1. The van der Waals surface area contributed by atoms with Crippen LogP contribution in [0.4, 0.5) is 11.4 Å². The minimum absolute atomic E-state index is 0.0102. The van der Waals surface area contributed by atoms with E-state index in [1.54, 1.807) is 18.2 Å². The van der Waals surface area contributed by atoms with Crippen molar-refractivity contribution in [2.24, 2.45) is 0 Å². The van der Waals surface area contributed by atoms with Gasteiger partial charge in [-0.3, -0.25) is 4.79 Å². The SMILES string of the molecule is Nc1ccc(NC(=O)CCC2CCCO2)c(Br)c1. The van der Waals surface area contributed by atoms with Crippen LogP contribution in [0.2, 0.25) is 0 Å². The van der Waals surface area contributed by atoms with Crippen molar-refractivity contribution in [1.82, 2.24) is 0 Å². The molecule has 1 fully saturated rings. The number of hydrogen-bond acceptors (Lipinski definition) is 3. The lowest BCUT2D eigenvalue weighted by Crippen LogP contribution is -2.15. The van der Waals surface area contributed by atoms with Crippen molar-refractivity contribution in [1.29, 1.82) is 0 Å². The van der Waals surface area contributed by atoms with E-state index in [0.717, 1.165) is 36.0 Å². The number of carbonyl (C=O) groups is 1. The maximum absolute atomic E-state index is 11.8. The van der Waals surface area contributed by atoms with Gasteiger partial charge in [-0.25, -0.2) is 0 Å². The summed E-state index contributed by atoms with van der Waals surface area (Å²) in [6.07, 6.45) is 3.71. The molecule has 1 saturated heterocycles. The van der Waals surface area contributed by atoms with Crippen LogP contribution in [-0.4, -0.2) is 18.6 Å². The van der Waals surface area contributed by atoms with Gasteiger partial charge in [-0.1, -0.05) is 0 Å². The quantitative estimate of drug-likeness (QED) is 0.840. The van der Waals surface area contributed by atoms with Crippen LogP contribution in [0, 0.1) is 0 Å². The number of hydrogen-bond donors (Lipinski definition) is 2. The zero-order chi connectivity index (χ0) is 13.0. The van der Waals surface area contributed by atoms with Crippen LogP contribution in [-0.2, 0) is 9.53 Å². The van der Waals surface area contributed by atoms with Crippen LogP contribution >= 0.6 is 15.9 Å². The Bertz CT molecular complexity index is 431. The van der Waals surface area contributed by atoms with E-state index in [2.05, 4.69) is 21.2 Å². The van der Waals surface area contributed by atoms with Crippen molar-refractivity contribution >= 4 is 33.2 Å². The fourth-order valence-electron chi connectivity index (χ4n) is 2.01. The summed E-state index contributed by atoms with van der Waals surface area (Å²) in [6, 6.07) is 5.33. The van der Waals surface area contributed by atoms with E-state index in [1.165, 1.54) is 0 Å². The second-order valence-electron chi connectivity index (χ2n) is 4.46. The zero-order valence-electron chi connectivity index (χ0n) is 10.1. The highest BCUT2D eigenvalue weighted by Crippen LogP contribution is 2.25. The molecule has 1 atom stereocenters. The Kier molecular flexibility index (Phi) is 4.60. The van der Waals surface area contributed by atoms with Crippen LogP contribution in [0.1, 0.15) is 25.7 Å². The molecule has 0 saturated carbocycles. The third-order valence-corrected chi connectivity index (χ3v) is 3.64. The van der Waals surface area contributed by atoms with Crippen LogP contribution in [0.25, 0.3) is 0 Å². The fourth-order valence-corrected chi connectivity index (χ4v) is 2.51. The highest BCUT2D eigenvalue weighted by Gasteiger charge is 2.16. The van der Waals surface area contributed by atoms with E-state index in [9.17, 15) is 4.79 Å². The molecule has 1 aliphatic rings. The maximum atomic E-state index is 11.8. The number of nitrogen functional groups attached to an aromatic ring is 1. The van der Waals surface area contributed by atoms with Gasteiger partial charge in [-0.15, -0.1) is 0 Å². The first kappa shape index (κ1) is 13.4. The lowest BCUT2D eigenvalue weighted by atomic mass is 10.1. The number of halogens is 1. The van der Waals surface area contributed by atoms with Gasteiger partial charge in [0.1, 0.15) is 0 Å². The molecule has 0 aliphatic carbocycles. The molecule has 0 aromatic heterocycles. The van der Waals surface area contributed by atoms with Crippen molar-refractivity contribution in [2.75, 3.05) is 17.7 Å². The van der Waals surface area contributed by atoms with Gasteiger partial charge in [0.25, 0.3) is 0 Å². The molecular weight excluding hydrogens is 296 g/mol. The Hall–Kier alpha value is -1.07. The van der Waals surface area contributed by atoms with E-state index in [4.69, 9.17) is 10.5 Å². The zero-order valence-corrected chi connectivity index (χ0v) is 11.7. The largest absolute Gasteiger partial charge is 0.399 e. The van der Waals surface area contributed by atoms with Crippen LogP contribution in [0.5, 0.6) is 0 Å². The Balaban J connectivity index is 1.82. The van der Waals surface area contributed by atoms with Gasteiger partial charge in [-0.05, 0) is 53.4 Å². The molecule has 4 nitrogen and oxygen atoms in total. The average Bonchev–Trinajstić information content (AvgIpc) is 2.83. The van der Waals surface area contributed by atoms with Gasteiger partial charge in [0, 0.05) is 23.2 Å². The van der Waals surface area contributed by atoms with Crippen molar-refractivity contribution in [3.05, 3.63) is 22.7 Å². The number of amides is 1. The number of rotatable bonds is 4. The monoisotopic (exact) mass is 312 g/mol. The number of nitrogens with two attached hydrogens (primary N) is 1. The van der Waals surface area contributed by atoms with Gasteiger partial charge in [0.2, 0.25) is 5.91 Å². The fraction of sp³-hybridized carbons (Fsp3) is 0.462. The summed E-state index contributed by atoms with van der Waals surface area (Å²) in [4.78, 5) is 11.8. The maximum Gasteiger partial charge on any atom is 0.224 e. The third-order valence-electron chi connectivity index (χ3n) is 2.98. The van der Waals surface area contributed by atoms with Gasteiger partial charge in [-0.2, -0.15) is 0 Å². The van der Waals surface area contributed by atoms with E-state index < -0.39 is 0 Å². The van der Waals surface area contributed by atoms with Crippen LogP contribution in [0.15, 0.2) is 22.7 Å². The minimum atomic E-state index is 0.0102. The summed E-state index contributed by atoms with van der Waals surface area (Å²) in [5, 5.41) is 2.86. The standard InChI is InChI=1S/C13H17BrN2O2/c14-11-8-9(15)3-5-12(11)16-13(17)6-4-10-2-1-7-18-10/h3,5,8,10H,1-2,4,6-7,15H2,(H,16,17). The Morgan fingerprint density at radius 1 is 1.56 bits per heavy atom. The molecular formula is C13H17BrN2O2. The molecule has 1 amide bonds. The molecule has 1 aliphatic heterocycles. The van der Waals surface area contributed by atoms with Crippen molar-refractivity contribution in [3.63, 3.8) is 0 Å². The molecule has 0 radical (unpaired) electrons. The molecule has 1 aromatic carbocycles. The van der Waals surface area contributed by atoms with Gasteiger partial charge in [0.05, 0.1) is 11.8 Å². The summed E-state index contributed by atoms with van der Waals surface area (Å²) < 4.78 is 6.29.